The molecule has 0 saturated carbocycles. The monoisotopic (exact) mass is 252 g/mol. The molecule has 0 radical (unpaired) electrons. The lowest BCUT2D eigenvalue weighted by molar-refractivity contribution is -0.121. The third-order valence-electron chi connectivity index (χ3n) is 3.16. The number of aliphatic hydroxyl groups is 1. The second kappa shape index (κ2) is 5.46. The Morgan fingerprint density at radius 1 is 1.44 bits per heavy atom. The number of nitrogens with zero attached hydrogens (tertiary/aromatic N) is 1. The first kappa shape index (κ1) is 13.0. The zero-order chi connectivity index (χ0) is 13.1. The predicted octanol–water partition coefficient (Wildman–Crippen LogP) is 0.901. The predicted molar refractivity (Wildman–Crippen MR) is 66.8 cm³/mol. The Labute approximate surface area is 105 Å². The fourth-order valence-corrected chi connectivity index (χ4v) is 2.13. The van der Waals surface area contributed by atoms with E-state index < -0.39 is 6.04 Å². The molecule has 1 aliphatic rings. The number of amides is 1. The number of halogens is 1. The van der Waals surface area contributed by atoms with E-state index in [1.807, 2.05) is 6.92 Å². The van der Waals surface area contributed by atoms with E-state index in [0.29, 0.717) is 12.2 Å². The average Bonchev–Trinajstić information content (AvgIpc) is 2.51. The van der Waals surface area contributed by atoms with Crippen molar-refractivity contribution in [1.82, 2.24) is 5.32 Å². The highest BCUT2D eigenvalue weighted by atomic mass is 19.1. The van der Waals surface area contributed by atoms with Crippen LogP contribution in [-0.4, -0.2) is 36.2 Å². The minimum Gasteiger partial charge on any atom is -0.394 e. The summed E-state index contributed by atoms with van der Waals surface area (Å²) >= 11 is 0. The number of hydrogen-bond donors (Lipinski definition) is 2. The number of rotatable bonds is 2. The van der Waals surface area contributed by atoms with E-state index in [1.165, 1.54) is 12.1 Å². The molecule has 5 heteroatoms. The second-order valence-corrected chi connectivity index (χ2v) is 4.56. The molecule has 98 valence electrons. The maximum absolute atomic E-state index is 12.9. The number of carbonyl (C=O) groups is 1. The molecule has 1 heterocycles. The highest BCUT2D eigenvalue weighted by Crippen LogP contribution is 2.19. The Morgan fingerprint density at radius 2 is 2.11 bits per heavy atom. The number of carbonyl (C=O) groups excluding carboxylic acids is 1. The zero-order valence-corrected chi connectivity index (χ0v) is 10.3. The van der Waals surface area contributed by atoms with Crippen LogP contribution < -0.4 is 10.2 Å². The van der Waals surface area contributed by atoms with Crippen molar-refractivity contribution in [2.75, 3.05) is 18.1 Å². The SMILES string of the molecule is CC1CCN(c2ccc(F)cc2)C(=O)C(CO)N1. The Morgan fingerprint density at radius 3 is 2.72 bits per heavy atom. The molecule has 2 rings (SSSR count). The molecular formula is C13H17FN2O2. The van der Waals surface area contributed by atoms with Crippen LogP contribution >= 0.6 is 0 Å². The van der Waals surface area contributed by atoms with Crippen molar-refractivity contribution >= 4 is 11.6 Å². The quantitative estimate of drug-likeness (QED) is 0.822. The summed E-state index contributed by atoms with van der Waals surface area (Å²) in [6.45, 7) is 2.31. The maximum Gasteiger partial charge on any atom is 0.246 e. The van der Waals surface area contributed by atoms with Crippen LogP contribution in [0.15, 0.2) is 24.3 Å². The van der Waals surface area contributed by atoms with Gasteiger partial charge in [-0.15, -0.1) is 0 Å². The first-order valence-corrected chi connectivity index (χ1v) is 6.05. The van der Waals surface area contributed by atoms with Gasteiger partial charge in [0.2, 0.25) is 5.91 Å². The van der Waals surface area contributed by atoms with E-state index >= 15 is 0 Å². The van der Waals surface area contributed by atoms with Crippen LogP contribution in [0.25, 0.3) is 0 Å². The first-order chi connectivity index (χ1) is 8.61. The Hall–Kier alpha value is -1.46. The second-order valence-electron chi connectivity index (χ2n) is 4.56. The molecule has 0 spiro atoms. The summed E-state index contributed by atoms with van der Waals surface area (Å²) in [5, 5.41) is 12.3. The topological polar surface area (TPSA) is 52.6 Å². The van der Waals surface area contributed by atoms with Gasteiger partial charge in [0.1, 0.15) is 11.9 Å². The van der Waals surface area contributed by atoms with E-state index in [4.69, 9.17) is 0 Å². The number of aliphatic hydroxyl groups excluding tert-OH is 1. The smallest absolute Gasteiger partial charge is 0.246 e. The molecule has 1 aromatic carbocycles. The number of anilines is 1. The minimum absolute atomic E-state index is 0.163. The van der Waals surface area contributed by atoms with Gasteiger partial charge in [0.15, 0.2) is 0 Å². The van der Waals surface area contributed by atoms with Crippen LogP contribution in [0.1, 0.15) is 13.3 Å². The van der Waals surface area contributed by atoms with Gasteiger partial charge < -0.3 is 15.3 Å². The fourth-order valence-electron chi connectivity index (χ4n) is 2.13. The van der Waals surface area contributed by atoms with Gasteiger partial charge in [-0.05, 0) is 37.6 Å². The van der Waals surface area contributed by atoms with Crippen LogP contribution in [0.3, 0.4) is 0 Å². The van der Waals surface area contributed by atoms with E-state index in [1.54, 1.807) is 17.0 Å². The van der Waals surface area contributed by atoms with Crippen LogP contribution in [0.5, 0.6) is 0 Å². The third-order valence-corrected chi connectivity index (χ3v) is 3.16. The van der Waals surface area contributed by atoms with Gasteiger partial charge in [0, 0.05) is 18.3 Å². The van der Waals surface area contributed by atoms with Crippen molar-refractivity contribution in [3.63, 3.8) is 0 Å². The Kier molecular flexibility index (Phi) is 3.93. The Bertz CT molecular complexity index is 422. The van der Waals surface area contributed by atoms with Crippen molar-refractivity contribution in [2.45, 2.75) is 25.4 Å². The molecule has 2 N–H and O–H groups in total. The highest BCUT2D eigenvalue weighted by molar-refractivity contribution is 5.97. The van der Waals surface area contributed by atoms with E-state index in [2.05, 4.69) is 5.32 Å². The molecule has 4 nitrogen and oxygen atoms in total. The average molecular weight is 252 g/mol. The largest absolute Gasteiger partial charge is 0.394 e. The molecule has 0 aromatic heterocycles. The van der Waals surface area contributed by atoms with Gasteiger partial charge in [-0.25, -0.2) is 4.39 Å². The minimum atomic E-state index is -0.590. The summed E-state index contributed by atoms with van der Waals surface area (Å²) in [6, 6.07) is 5.40. The molecule has 18 heavy (non-hydrogen) atoms. The van der Waals surface area contributed by atoms with Crippen LogP contribution in [-0.2, 0) is 4.79 Å². The lowest BCUT2D eigenvalue weighted by atomic mass is 10.2. The van der Waals surface area contributed by atoms with Gasteiger partial charge in [-0.1, -0.05) is 0 Å². The van der Waals surface area contributed by atoms with Crippen molar-refractivity contribution < 1.29 is 14.3 Å². The summed E-state index contributed by atoms with van der Waals surface area (Å²) < 4.78 is 12.9. The first-order valence-electron chi connectivity index (χ1n) is 6.05. The Balaban J connectivity index is 2.25. The summed E-state index contributed by atoms with van der Waals surface area (Å²) in [5.41, 5.74) is 0.663. The lowest BCUT2D eigenvalue weighted by Gasteiger charge is -2.23. The molecular weight excluding hydrogens is 235 g/mol. The van der Waals surface area contributed by atoms with Crippen molar-refractivity contribution in [3.05, 3.63) is 30.1 Å². The van der Waals surface area contributed by atoms with Crippen LogP contribution in [0.2, 0.25) is 0 Å². The highest BCUT2D eigenvalue weighted by Gasteiger charge is 2.29. The molecule has 1 fully saturated rings. The fraction of sp³-hybridized carbons (Fsp3) is 0.462. The molecule has 1 saturated heterocycles. The van der Waals surface area contributed by atoms with Crippen LogP contribution in [0.4, 0.5) is 10.1 Å². The summed E-state index contributed by atoms with van der Waals surface area (Å²) in [6.07, 6.45) is 0.791. The molecule has 1 amide bonds. The van der Waals surface area contributed by atoms with Gasteiger partial charge in [0.25, 0.3) is 0 Å². The normalized spacial score (nSPS) is 25.1. The summed E-state index contributed by atoms with van der Waals surface area (Å²) in [4.78, 5) is 13.8. The summed E-state index contributed by atoms with van der Waals surface area (Å²) in [5.74, 6) is -0.500. The van der Waals surface area contributed by atoms with Gasteiger partial charge in [-0.2, -0.15) is 0 Å². The van der Waals surface area contributed by atoms with Crippen molar-refractivity contribution in [1.29, 1.82) is 0 Å². The molecule has 0 bridgehead atoms. The van der Waals surface area contributed by atoms with Gasteiger partial charge >= 0.3 is 0 Å². The maximum atomic E-state index is 12.9. The van der Waals surface area contributed by atoms with E-state index in [-0.39, 0.29) is 24.4 Å². The lowest BCUT2D eigenvalue weighted by Crippen LogP contribution is -2.47. The van der Waals surface area contributed by atoms with E-state index in [9.17, 15) is 14.3 Å². The van der Waals surface area contributed by atoms with E-state index in [0.717, 1.165) is 6.42 Å². The van der Waals surface area contributed by atoms with Crippen molar-refractivity contribution in [3.8, 4) is 0 Å². The third kappa shape index (κ3) is 2.68. The molecule has 1 aliphatic heterocycles. The summed E-state index contributed by atoms with van der Waals surface area (Å²) in [7, 11) is 0. The molecule has 2 atom stereocenters. The van der Waals surface area contributed by atoms with Gasteiger partial charge in [-0.3, -0.25) is 4.79 Å². The molecule has 1 aromatic rings. The molecule has 0 aliphatic carbocycles. The number of nitrogens with one attached hydrogen (secondary N) is 1. The van der Waals surface area contributed by atoms with Gasteiger partial charge in [0.05, 0.1) is 6.61 Å². The van der Waals surface area contributed by atoms with Crippen molar-refractivity contribution in [2.24, 2.45) is 0 Å². The molecule has 2 unspecified atom stereocenters. The van der Waals surface area contributed by atoms with Crippen LogP contribution in [0, 0.1) is 5.82 Å². The zero-order valence-electron chi connectivity index (χ0n) is 10.3. The standard InChI is InChI=1S/C13H17FN2O2/c1-9-6-7-16(13(18)12(8-17)15-9)11-4-2-10(14)3-5-11/h2-5,9,12,15,17H,6-8H2,1H3. The number of hydrogen-bond acceptors (Lipinski definition) is 3. The number of benzene rings is 1.